The van der Waals surface area contributed by atoms with E-state index < -0.39 is 28.0 Å². The van der Waals surface area contributed by atoms with Gasteiger partial charge < -0.3 is 9.47 Å². The number of aryl methyl sites for hydroxylation is 1. The average Bonchev–Trinajstić information content (AvgIpc) is 2.71. The predicted molar refractivity (Wildman–Crippen MR) is 113 cm³/mol. The lowest BCUT2D eigenvalue weighted by molar-refractivity contribution is -0.145. The summed E-state index contributed by atoms with van der Waals surface area (Å²) in [6.45, 7) is 9.50. The molecule has 0 saturated carbocycles. The summed E-state index contributed by atoms with van der Waals surface area (Å²) in [6.07, 6.45) is 0. The van der Waals surface area contributed by atoms with E-state index in [1.807, 2.05) is 19.1 Å². The fourth-order valence-electron chi connectivity index (χ4n) is 2.81. The summed E-state index contributed by atoms with van der Waals surface area (Å²) in [7, 11) is -2.35. The third kappa shape index (κ3) is 5.68. The van der Waals surface area contributed by atoms with E-state index in [1.54, 1.807) is 45.2 Å². The van der Waals surface area contributed by atoms with Crippen molar-refractivity contribution < 1.29 is 22.7 Å². The second-order valence-corrected chi connectivity index (χ2v) is 8.42. The van der Waals surface area contributed by atoms with Gasteiger partial charge in [-0.2, -0.15) is 4.72 Å². The maximum absolute atomic E-state index is 12.8. The van der Waals surface area contributed by atoms with Gasteiger partial charge in [0.05, 0.1) is 18.6 Å². The van der Waals surface area contributed by atoms with Crippen LogP contribution in [0.25, 0.3) is 5.57 Å². The minimum absolute atomic E-state index is 0.0830. The molecule has 0 amide bonds. The predicted octanol–water partition coefficient (Wildman–Crippen LogP) is 3.56. The standard InChI is InChI=1S/C22H27NO5S/c1-6-28-22(24)21(23-29(25,26)20-13-7-15(2)8-14-20)17(4)16(3)18-9-11-19(27-5)12-10-18/h7-14,17,21,23H,3,6H2,1-2,4-5H3/t17?,21-/m0/s1. The first-order valence-electron chi connectivity index (χ1n) is 9.28. The van der Waals surface area contributed by atoms with Crippen LogP contribution in [0.4, 0.5) is 0 Å². The van der Waals surface area contributed by atoms with Gasteiger partial charge in [0.25, 0.3) is 0 Å². The summed E-state index contributed by atoms with van der Waals surface area (Å²) < 4.78 is 38.5. The van der Waals surface area contributed by atoms with Crippen molar-refractivity contribution in [2.75, 3.05) is 13.7 Å². The SMILES string of the molecule is C=C(c1ccc(OC)cc1)C(C)[C@H](NS(=O)(=O)c1ccc(C)cc1)C(=O)OCC. The molecule has 29 heavy (non-hydrogen) atoms. The first-order valence-corrected chi connectivity index (χ1v) is 10.8. The maximum atomic E-state index is 12.8. The van der Waals surface area contributed by atoms with E-state index in [0.717, 1.165) is 11.1 Å². The number of ether oxygens (including phenoxy) is 2. The van der Waals surface area contributed by atoms with Crippen LogP contribution >= 0.6 is 0 Å². The Balaban J connectivity index is 2.32. The number of carbonyl (C=O) groups excluding carboxylic acids is 1. The van der Waals surface area contributed by atoms with Crippen molar-refractivity contribution in [2.45, 2.75) is 31.7 Å². The Morgan fingerprint density at radius 1 is 1.10 bits per heavy atom. The minimum Gasteiger partial charge on any atom is -0.497 e. The minimum atomic E-state index is -3.92. The molecule has 2 aromatic rings. The molecular formula is C22H27NO5S. The van der Waals surface area contributed by atoms with Gasteiger partial charge in [-0.15, -0.1) is 0 Å². The van der Waals surface area contributed by atoms with Crippen LogP contribution in [-0.4, -0.2) is 34.1 Å². The zero-order valence-corrected chi connectivity index (χ0v) is 18.0. The first kappa shape index (κ1) is 22.6. The van der Waals surface area contributed by atoms with Crippen molar-refractivity contribution in [3.63, 3.8) is 0 Å². The zero-order valence-electron chi connectivity index (χ0n) is 17.1. The Morgan fingerprint density at radius 2 is 1.69 bits per heavy atom. The lowest BCUT2D eigenvalue weighted by atomic mass is 9.89. The number of nitrogens with one attached hydrogen (secondary N) is 1. The van der Waals surface area contributed by atoms with Gasteiger partial charge >= 0.3 is 5.97 Å². The lowest BCUT2D eigenvalue weighted by Gasteiger charge is -2.25. The number of sulfonamides is 1. The van der Waals surface area contributed by atoms with Gasteiger partial charge in [0.15, 0.2) is 0 Å². The molecule has 0 saturated heterocycles. The number of hydrogen-bond acceptors (Lipinski definition) is 5. The number of esters is 1. The number of rotatable bonds is 9. The second kappa shape index (κ2) is 9.71. The molecule has 0 aliphatic carbocycles. The lowest BCUT2D eigenvalue weighted by Crippen LogP contribution is -2.46. The molecule has 0 aromatic heterocycles. The number of methoxy groups -OCH3 is 1. The molecule has 2 rings (SSSR count). The van der Waals surface area contributed by atoms with Gasteiger partial charge in [0, 0.05) is 5.92 Å². The number of benzene rings is 2. The fraction of sp³-hybridized carbons (Fsp3) is 0.318. The first-order chi connectivity index (χ1) is 13.7. The second-order valence-electron chi connectivity index (χ2n) is 6.71. The van der Waals surface area contributed by atoms with E-state index in [1.165, 1.54) is 12.1 Å². The van der Waals surface area contributed by atoms with Crippen LogP contribution in [0, 0.1) is 12.8 Å². The Morgan fingerprint density at radius 3 is 2.21 bits per heavy atom. The zero-order chi connectivity index (χ0) is 21.6. The van der Waals surface area contributed by atoms with Gasteiger partial charge in [-0.25, -0.2) is 8.42 Å². The quantitative estimate of drug-likeness (QED) is 0.631. The van der Waals surface area contributed by atoms with Crippen LogP contribution in [0.1, 0.15) is 25.0 Å². The number of hydrogen-bond donors (Lipinski definition) is 1. The van der Waals surface area contributed by atoms with E-state index in [-0.39, 0.29) is 11.5 Å². The van der Waals surface area contributed by atoms with Crippen molar-refractivity contribution in [2.24, 2.45) is 5.92 Å². The summed E-state index contributed by atoms with van der Waals surface area (Å²) in [4.78, 5) is 12.7. The maximum Gasteiger partial charge on any atom is 0.324 e. The molecular weight excluding hydrogens is 390 g/mol. The van der Waals surface area contributed by atoms with E-state index >= 15 is 0 Å². The highest BCUT2D eigenvalue weighted by molar-refractivity contribution is 7.89. The molecule has 0 heterocycles. The normalized spacial score (nSPS) is 13.4. The molecule has 0 fully saturated rings. The van der Waals surface area contributed by atoms with Crippen LogP contribution in [0.15, 0.2) is 60.0 Å². The van der Waals surface area contributed by atoms with Gasteiger partial charge in [-0.3, -0.25) is 4.79 Å². The summed E-state index contributed by atoms with van der Waals surface area (Å²) in [5.74, 6) is -0.496. The van der Waals surface area contributed by atoms with Crippen molar-refractivity contribution in [1.82, 2.24) is 4.72 Å². The molecule has 0 aliphatic rings. The highest BCUT2D eigenvalue weighted by atomic mass is 32.2. The smallest absolute Gasteiger partial charge is 0.324 e. The third-order valence-corrected chi connectivity index (χ3v) is 6.12. The van der Waals surface area contributed by atoms with Crippen LogP contribution in [0.2, 0.25) is 0 Å². The average molecular weight is 418 g/mol. The molecule has 0 spiro atoms. The highest BCUT2D eigenvalue weighted by Crippen LogP contribution is 2.27. The molecule has 7 heteroatoms. The summed E-state index contributed by atoms with van der Waals surface area (Å²) >= 11 is 0. The Hall–Kier alpha value is -2.64. The van der Waals surface area contributed by atoms with E-state index in [0.29, 0.717) is 11.3 Å². The largest absolute Gasteiger partial charge is 0.497 e. The molecule has 1 N–H and O–H groups in total. The summed E-state index contributed by atoms with van der Waals surface area (Å²) in [5.41, 5.74) is 2.33. The summed E-state index contributed by atoms with van der Waals surface area (Å²) in [5, 5.41) is 0. The van der Waals surface area contributed by atoms with Crippen molar-refractivity contribution in [1.29, 1.82) is 0 Å². The van der Waals surface area contributed by atoms with Gasteiger partial charge in [-0.1, -0.05) is 43.3 Å². The van der Waals surface area contributed by atoms with Crippen LogP contribution in [-0.2, 0) is 19.6 Å². The van der Waals surface area contributed by atoms with Gasteiger partial charge in [0.1, 0.15) is 11.8 Å². The molecule has 2 aromatic carbocycles. The van der Waals surface area contributed by atoms with Crippen molar-refractivity contribution in [3.8, 4) is 5.75 Å². The van der Waals surface area contributed by atoms with Crippen LogP contribution < -0.4 is 9.46 Å². The Labute approximate surface area is 172 Å². The Kier molecular flexibility index (Phi) is 7.59. The van der Waals surface area contributed by atoms with Gasteiger partial charge in [0.2, 0.25) is 10.0 Å². The molecule has 156 valence electrons. The fourth-order valence-corrected chi connectivity index (χ4v) is 4.07. The molecule has 0 aliphatic heterocycles. The molecule has 2 atom stereocenters. The van der Waals surface area contributed by atoms with Crippen LogP contribution in [0.5, 0.6) is 5.75 Å². The Bertz CT molecular complexity index is 950. The molecule has 0 bridgehead atoms. The third-order valence-electron chi connectivity index (χ3n) is 4.66. The highest BCUT2D eigenvalue weighted by Gasteiger charge is 2.33. The van der Waals surface area contributed by atoms with Crippen molar-refractivity contribution >= 4 is 21.6 Å². The summed E-state index contributed by atoms with van der Waals surface area (Å²) in [6, 6.07) is 12.5. The van der Waals surface area contributed by atoms with Crippen LogP contribution in [0.3, 0.4) is 0 Å². The van der Waals surface area contributed by atoms with E-state index in [2.05, 4.69) is 11.3 Å². The number of carbonyl (C=O) groups is 1. The molecule has 1 unspecified atom stereocenters. The monoisotopic (exact) mass is 417 g/mol. The van der Waals surface area contributed by atoms with E-state index in [9.17, 15) is 13.2 Å². The van der Waals surface area contributed by atoms with E-state index in [4.69, 9.17) is 9.47 Å². The molecule has 6 nitrogen and oxygen atoms in total. The molecule has 0 radical (unpaired) electrons. The topological polar surface area (TPSA) is 81.7 Å². The van der Waals surface area contributed by atoms with Crippen molar-refractivity contribution in [3.05, 3.63) is 66.2 Å². The van der Waals surface area contributed by atoms with Gasteiger partial charge in [-0.05, 0) is 49.2 Å².